The van der Waals surface area contributed by atoms with E-state index in [0.717, 1.165) is 16.1 Å². The number of anilines is 1. The summed E-state index contributed by atoms with van der Waals surface area (Å²) in [6, 6.07) is 3.23. The molecule has 0 bridgehead atoms. The van der Waals surface area contributed by atoms with Crippen molar-refractivity contribution in [2.75, 3.05) is 5.32 Å². The van der Waals surface area contributed by atoms with Crippen molar-refractivity contribution in [2.24, 2.45) is 5.73 Å². The Balaban J connectivity index is 1.83. The SMILES string of the molecule is NC1C(=O)Nc2cc(SC3CCCCC3)c(Cl)cc21. The lowest BCUT2D eigenvalue weighted by Crippen LogP contribution is -2.19. The second-order valence-electron chi connectivity index (χ2n) is 5.21. The van der Waals surface area contributed by atoms with Crippen molar-refractivity contribution in [3.63, 3.8) is 0 Å². The molecule has 3 N–H and O–H groups in total. The van der Waals surface area contributed by atoms with Gasteiger partial charge in [0.1, 0.15) is 6.04 Å². The number of rotatable bonds is 2. The maximum absolute atomic E-state index is 11.6. The molecule has 5 heteroatoms. The van der Waals surface area contributed by atoms with Gasteiger partial charge in [0, 0.05) is 21.4 Å². The largest absolute Gasteiger partial charge is 0.324 e. The molecule has 1 fully saturated rings. The standard InChI is InChI=1S/C14H17ClN2OS/c15-10-6-9-11(17-14(18)13(9)16)7-12(10)19-8-4-2-1-3-5-8/h6-8,13H,1-5,16H2,(H,17,18). The second-order valence-corrected chi connectivity index (χ2v) is 6.96. The van der Waals surface area contributed by atoms with E-state index in [1.54, 1.807) is 0 Å². The fourth-order valence-electron chi connectivity index (χ4n) is 2.74. The molecule has 1 aromatic carbocycles. The summed E-state index contributed by atoms with van der Waals surface area (Å²) in [6.07, 6.45) is 6.47. The van der Waals surface area contributed by atoms with E-state index in [0.29, 0.717) is 10.3 Å². The van der Waals surface area contributed by atoms with Crippen LogP contribution in [0.5, 0.6) is 0 Å². The first-order valence-electron chi connectivity index (χ1n) is 6.71. The van der Waals surface area contributed by atoms with E-state index in [4.69, 9.17) is 17.3 Å². The molecule has 0 spiro atoms. The van der Waals surface area contributed by atoms with Crippen LogP contribution in [0.1, 0.15) is 43.7 Å². The van der Waals surface area contributed by atoms with Gasteiger partial charge in [0.2, 0.25) is 5.91 Å². The lowest BCUT2D eigenvalue weighted by Gasteiger charge is -2.21. The molecule has 1 aliphatic carbocycles. The molecule has 1 aromatic rings. The highest BCUT2D eigenvalue weighted by Crippen LogP contribution is 2.42. The van der Waals surface area contributed by atoms with Crippen molar-refractivity contribution >= 4 is 35.0 Å². The van der Waals surface area contributed by atoms with Gasteiger partial charge >= 0.3 is 0 Å². The molecular formula is C14H17ClN2OS. The van der Waals surface area contributed by atoms with Crippen LogP contribution >= 0.6 is 23.4 Å². The monoisotopic (exact) mass is 296 g/mol. The Labute approximate surface area is 122 Å². The van der Waals surface area contributed by atoms with E-state index in [1.807, 2.05) is 23.9 Å². The summed E-state index contributed by atoms with van der Waals surface area (Å²) in [5, 5.41) is 4.17. The Hall–Kier alpha value is -0.710. The van der Waals surface area contributed by atoms with Crippen LogP contribution < -0.4 is 11.1 Å². The number of nitrogens with one attached hydrogen (secondary N) is 1. The van der Waals surface area contributed by atoms with Crippen LogP contribution in [-0.2, 0) is 4.79 Å². The summed E-state index contributed by atoms with van der Waals surface area (Å²) >= 11 is 8.16. The zero-order chi connectivity index (χ0) is 13.4. The predicted molar refractivity (Wildman–Crippen MR) is 79.7 cm³/mol. The van der Waals surface area contributed by atoms with Crippen molar-refractivity contribution in [1.29, 1.82) is 0 Å². The molecule has 1 heterocycles. The van der Waals surface area contributed by atoms with Crippen LogP contribution in [-0.4, -0.2) is 11.2 Å². The third-order valence-corrected chi connectivity index (χ3v) is 5.65. The normalized spacial score (nSPS) is 23.3. The highest BCUT2D eigenvalue weighted by molar-refractivity contribution is 8.00. The Kier molecular flexibility index (Phi) is 3.74. The summed E-state index contributed by atoms with van der Waals surface area (Å²) in [7, 11) is 0. The third kappa shape index (κ3) is 2.62. The average molecular weight is 297 g/mol. The van der Waals surface area contributed by atoms with Crippen LogP contribution in [0.2, 0.25) is 5.02 Å². The number of fused-ring (bicyclic) bond motifs is 1. The van der Waals surface area contributed by atoms with Gasteiger partial charge in [0.05, 0.1) is 5.02 Å². The number of hydrogen-bond donors (Lipinski definition) is 2. The smallest absolute Gasteiger partial charge is 0.245 e. The number of amides is 1. The minimum atomic E-state index is -0.582. The van der Waals surface area contributed by atoms with Crippen molar-refractivity contribution < 1.29 is 4.79 Å². The molecule has 0 saturated heterocycles. The number of benzene rings is 1. The molecule has 102 valence electrons. The number of hydrogen-bond acceptors (Lipinski definition) is 3. The maximum Gasteiger partial charge on any atom is 0.245 e. The molecule has 19 heavy (non-hydrogen) atoms. The van der Waals surface area contributed by atoms with E-state index >= 15 is 0 Å². The van der Waals surface area contributed by atoms with Gasteiger partial charge in [-0.25, -0.2) is 0 Å². The highest BCUT2D eigenvalue weighted by atomic mass is 35.5. The van der Waals surface area contributed by atoms with Crippen molar-refractivity contribution in [1.82, 2.24) is 0 Å². The summed E-state index contributed by atoms with van der Waals surface area (Å²) in [5.74, 6) is -0.147. The first-order chi connectivity index (χ1) is 9.15. The van der Waals surface area contributed by atoms with Gasteiger partial charge in [0.25, 0.3) is 0 Å². The van der Waals surface area contributed by atoms with Gasteiger partial charge in [-0.3, -0.25) is 4.79 Å². The quantitative estimate of drug-likeness (QED) is 0.874. The lowest BCUT2D eigenvalue weighted by atomic mass is 10.0. The van der Waals surface area contributed by atoms with Crippen molar-refractivity contribution in [3.05, 3.63) is 22.7 Å². The molecule has 1 aliphatic heterocycles. The van der Waals surface area contributed by atoms with Gasteiger partial charge in [-0.2, -0.15) is 0 Å². The number of carbonyl (C=O) groups is 1. The highest BCUT2D eigenvalue weighted by Gasteiger charge is 2.28. The van der Waals surface area contributed by atoms with E-state index in [1.165, 1.54) is 32.1 Å². The molecular weight excluding hydrogens is 280 g/mol. The first kappa shape index (κ1) is 13.3. The molecule has 1 atom stereocenters. The van der Waals surface area contributed by atoms with Gasteiger partial charge < -0.3 is 11.1 Å². The van der Waals surface area contributed by atoms with Crippen LogP contribution in [0.4, 0.5) is 5.69 Å². The summed E-state index contributed by atoms with van der Waals surface area (Å²) in [4.78, 5) is 12.6. The summed E-state index contributed by atoms with van der Waals surface area (Å²) in [5.41, 5.74) is 7.44. The molecule has 1 amide bonds. The van der Waals surface area contributed by atoms with Crippen LogP contribution in [0.15, 0.2) is 17.0 Å². The molecule has 0 radical (unpaired) electrons. The van der Waals surface area contributed by atoms with E-state index in [-0.39, 0.29) is 5.91 Å². The molecule has 0 aromatic heterocycles. The maximum atomic E-state index is 11.6. The summed E-state index contributed by atoms with van der Waals surface area (Å²) < 4.78 is 0. The third-order valence-electron chi connectivity index (χ3n) is 3.83. The number of halogens is 1. The minimum absolute atomic E-state index is 0.147. The molecule has 3 rings (SSSR count). The zero-order valence-corrected chi connectivity index (χ0v) is 12.2. The Bertz CT molecular complexity index is 514. The fraction of sp³-hybridized carbons (Fsp3) is 0.500. The summed E-state index contributed by atoms with van der Waals surface area (Å²) in [6.45, 7) is 0. The van der Waals surface area contributed by atoms with Gasteiger partial charge in [-0.15, -0.1) is 11.8 Å². The Morgan fingerprint density at radius 3 is 2.74 bits per heavy atom. The first-order valence-corrected chi connectivity index (χ1v) is 7.97. The second kappa shape index (κ2) is 5.35. The lowest BCUT2D eigenvalue weighted by molar-refractivity contribution is -0.116. The van der Waals surface area contributed by atoms with E-state index in [2.05, 4.69) is 5.32 Å². The van der Waals surface area contributed by atoms with Gasteiger partial charge in [0.15, 0.2) is 0 Å². The van der Waals surface area contributed by atoms with Gasteiger partial charge in [-0.1, -0.05) is 30.9 Å². The number of carbonyl (C=O) groups excluding carboxylic acids is 1. The fourth-order valence-corrected chi connectivity index (χ4v) is 4.33. The molecule has 1 saturated carbocycles. The minimum Gasteiger partial charge on any atom is -0.324 e. The topological polar surface area (TPSA) is 55.1 Å². The zero-order valence-electron chi connectivity index (χ0n) is 10.6. The van der Waals surface area contributed by atoms with E-state index < -0.39 is 6.04 Å². The number of thioether (sulfide) groups is 1. The molecule has 2 aliphatic rings. The van der Waals surface area contributed by atoms with Gasteiger partial charge in [-0.05, 0) is 25.0 Å². The average Bonchev–Trinajstić information content (AvgIpc) is 2.67. The number of nitrogens with two attached hydrogens (primary N) is 1. The van der Waals surface area contributed by atoms with Crippen molar-refractivity contribution in [2.45, 2.75) is 48.3 Å². The predicted octanol–water partition coefficient (Wildman–Crippen LogP) is 3.72. The van der Waals surface area contributed by atoms with E-state index in [9.17, 15) is 4.79 Å². The van der Waals surface area contributed by atoms with Crippen LogP contribution in [0.25, 0.3) is 0 Å². The molecule has 3 nitrogen and oxygen atoms in total. The molecule has 1 unspecified atom stereocenters. The van der Waals surface area contributed by atoms with Crippen molar-refractivity contribution in [3.8, 4) is 0 Å². The Morgan fingerprint density at radius 1 is 1.26 bits per heavy atom. The van der Waals surface area contributed by atoms with Crippen LogP contribution in [0, 0.1) is 0 Å². The van der Waals surface area contributed by atoms with Crippen LogP contribution in [0.3, 0.4) is 0 Å². The Morgan fingerprint density at radius 2 is 2.00 bits per heavy atom.